The fraction of sp³-hybridized carbons (Fsp3) is 0.750. The van der Waals surface area contributed by atoms with Gasteiger partial charge in [0.15, 0.2) is 31.3 Å². The molecule has 0 radical (unpaired) electrons. The first-order valence-corrected chi connectivity index (χ1v) is 21.3. The number of hydrogen-bond acceptors (Lipinski definition) is 12. The Morgan fingerprint density at radius 3 is 1.51 bits per heavy atom. The number of ether oxygens (including phenoxy) is 1. The fourth-order valence-electron chi connectivity index (χ4n) is 5.63. The van der Waals surface area contributed by atoms with Gasteiger partial charge in [0, 0.05) is 56.2 Å². The number of anilines is 2. The number of rotatable bonds is 10. The first-order valence-electron chi connectivity index (χ1n) is 18.0. The zero-order valence-electron chi connectivity index (χ0n) is 33.1. The molecule has 17 heteroatoms. The smallest absolute Gasteiger partial charge is 0.246 e. The molecule has 4 rings (SSSR count). The molecular weight excluding hydrogens is 727 g/mol. The molecule has 300 valence electrons. The van der Waals surface area contributed by atoms with E-state index in [2.05, 4.69) is 20.9 Å². The highest BCUT2D eigenvalue weighted by Gasteiger charge is 2.45. The molecule has 0 bridgehead atoms. The van der Waals surface area contributed by atoms with E-state index in [9.17, 15) is 31.2 Å². The number of carbonyl (C=O) groups excluding carboxylic acids is 3. The van der Waals surface area contributed by atoms with Gasteiger partial charge in [-0.15, -0.1) is 0 Å². The fourth-order valence-corrected chi connectivity index (χ4v) is 8.98. The summed E-state index contributed by atoms with van der Waals surface area (Å²) in [6.07, 6.45) is 2.89. The molecule has 2 fully saturated rings. The minimum atomic E-state index is -3.76. The summed E-state index contributed by atoms with van der Waals surface area (Å²) >= 11 is 0. The third-order valence-corrected chi connectivity index (χ3v) is 15.1. The van der Waals surface area contributed by atoms with Crippen molar-refractivity contribution in [1.82, 2.24) is 15.2 Å². The number of nitrogens with zero attached hydrogens (tertiary/aromatic N) is 3. The number of nitrogens with one attached hydrogen (secondary N) is 2. The second-order valence-corrected chi connectivity index (χ2v) is 22.3. The number of amides is 3. The first-order chi connectivity index (χ1) is 24.2. The Kier molecular flexibility index (Phi) is 13.8. The standard InChI is InChI=1S/C19H31N3O5S.C17H28N2O5S/c1-13(23)22-9-7-8-14(11-22)12-28(25,26)19(5,6)17(24)20-16-10-15(27-21-16)18(2,3)4;1-16(2,3)13-10-14(19-24-13)18-15(20)17(4,5)25(21,22)11-12-6-8-23-9-7-12/h10,14H,7-9,11-12H2,1-6H3,(H,20,21,24);10,12H,6-9,11H2,1-5H3,(H,18,19,20). The highest BCUT2D eigenvalue weighted by atomic mass is 32.2. The van der Waals surface area contributed by atoms with E-state index < -0.39 is 41.0 Å². The van der Waals surface area contributed by atoms with Crippen molar-refractivity contribution >= 4 is 49.0 Å². The van der Waals surface area contributed by atoms with Gasteiger partial charge >= 0.3 is 0 Å². The van der Waals surface area contributed by atoms with Gasteiger partial charge < -0.3 is 29.3 Å². The predicted molar refractivity (Wildman–Crippen MR) is 202 cm³/mol. The van der Waals surface area contributed by atoms with Crippen molar-refractivity contribution in [3.63, 3.8) is 0 Å². The molecule has 53 heavy (non-hydrogen) atoms. The van der Waals surface area contributed by atoms with E-state index in [4.69, 9.17) is 13.8 Å². The zero-order chi connectivity index (χ0) is 40.2. The molecule has 2 aromatic rings. The van der Waals surface area contributed by atoms with Crippen LogP contribution in [-0.4, -0.2) is 97.1 Å². The van der Waals surface area contributed by atoms with Gasteiger partial charge in [-0.2, -0.15) is 0 Å². The Morgan fingerprint density at radius 2 is 1.13 bits per heavy atom. The molecule has 1 atom stereocenters. The summed E-state index contributed by atoms with van der Waals surface area (Å²) in [5.41, 5.74) is -0.526. The molecule has 0 spiro atoms. The highest BCUT2D eigenvalue weighted by Crippen LogP contribution is 2.30. The third kappa shape index (κ3) is 11.4. The van der Waals surface area contributed by atoms with E-state index in [1.54, 1.807) is 17.0 Å². The number of carbonyl (C=O) groups is 3. The molecule has 0 aliphatic carbocycles. The first kappa shape index (κ1) is 44.1. The summed E-state index contributed by atoms with van der Waals surface area (Å²) in [7, 11) is -7.38. The van der Waals surface area contributed by atoms with Crippen molar-refractivity contribution in [2.75, 3.05) is 48.4 Å². The van der Waals surface area contributed by atoms with Crippen molar-refractivity contribution in [2.45, 2.75) is 122 Å². The van der Waals surface area contributed by atoms with Crippen LogP contribution in [0.25, 0.3) is 0 Å². The number of sulfone groups is 2. The Bertz CT molecular complexity index is 1810. The van der Waals surface area contributed by atoms with Crippen molar-refractivity contribution in [1.29, 1.82) is 0 Å². The molecule has 15 nitrogen and oxygen atoms in total. The van der Waals surface area contributed by atoms with Crippen LogP contribution < -0.4 is 10.6 Å². The second-order valence-electron chi connectivity index (χ2n) is 17.2. The average molecular weight is 786 g/mol. The average Bonchev–Trinajstić information content (AvgIpc) is 3.72. The van der Waals surface area contributed by atoms with Crippen LogP contribution in [0.1, 0.15) is 113 Å². The van der Waals surface area contributed by atoms with Gasteiger partial charge in [0.25, 0.3) is 0 Å². The number of hydrogen-bond donors (Lipinski definition) is 2. The Hall–Kier alpha value is -3.31. The van der Waals surface area contributed by atoms with E-state index in [-0.39, 0.29) is 51.7 Å². The van der Waals surface area contributed by atoms with Gasteiger partial charge in [-0.05, 0) is 65.2 Å². The van der Waals surface area contributed by atoms with Crippen LogP contribution in [0.2, 0.25) is 0 Å². The maximum atomic E-state index is 13.0. The summed E-state index contributed by atoms with van der Waals surface area (Å²) in [6, 6.07) is 3.23. The maximum absolute atomic E-state index is 13.0. The molecular formula is C36H59N5O10S2. The number of piperidine rings is 1. The predicted octanol–water partition coefficient (Wildman–Crippen LogP) is 4.89. The monoisotopic (exact) mass is 785 g/mol. The van der Waals surface area contributed by atoms with Crippen LogP contribution in [0.3, 0.4) is 0 Å². The summed E-state index contributed by atoms with van der Waals surface area (Å²) < 4.78 is 64.0. The minimum Gasteiger partial charge on any atom is -0.381 e. The second kappa shape index (κ2) is 16.6. The lowest BCUT2D eigenvalue weighted by Crippen LogP contribution is -2.48. The van der Waals surface area contributed by atoms with Crippen molar-refractivity contribution in [2.24, 2.45) is 11.8 Å². The topological polar surface area (TPSA) is 208 Å². The van der Waals surface area contributed by atoms with E-state index in [1.807, 2.05) is 41.5 Å². The molecule has 4 heterocycles. The molecule has 2 aliphatic rings. The van der Waals surface area contributed by atoms with E-state index in [0.717, 1.165) is 12.8 Å². The lowest BCUT2D eigenvalue weighted by Gasteiger charge is -2.33. The normalized spacial score (nSPS) is 18.2. The molecule has 0 saturated carbocycles. The van der Waals surface area contributed by atoms with Crippen LogP contribution >= 0.6 is 0 Å². The van der Waals surface area contributed by atoms with Crippen LogP contribution in [-0.2, 0) is 49.6 Å². The Balaban J connectivity index is 0.000000287. The zero-order valence-corrected chi connectivity index (χ0v) is 34.8. The number of likely N-dealkylation sites (tertiary alicyclic amines) is 1. The van der Waals surface area contributed by atoms with E-state index in [1.165, 1.54) is 34.6 Å². The largest absolute Gasteiger partial charge is 0.381 e. The minimum absolute atomic E-state index is 0.0111. The Morgan fingerprint density at radius 1 is 0.717 bits per heavy atom. The van der Waals surface area contributed by atoms with Gasteiger partial charge in [-0.1, -0.05) is 51.9 Å². The van der Waals surface area contributed by atoms with Gasteiger partial charge in [0.2, 0.25) is 17.7 Å². The van der Waals surface area contributed by atoms with Crippen LogP contribution in [0.4, 0.5) is 11.6 Å². The summed E-state index contributed by atoms with van der Waals surface area (Å²) in [5, 5.41) is 12.8. The van der Waals surface area contributed by atoms with E-state index in [0.29, 0.717) is 50.7 Å². The van der Waals surface area contributed by atoms with Gasteiger partial charge in [0.1, 0.15) is 21.0 Å². The summed E-state index contributed by atoms with van der Waals surface area (Å²) in [4.78, 5) is 38.6. The van der Waals surface area contributed by atoms with Crippen molar-refractivity contribution in [3.05, 3.63) is 23.7 Å². The molecule has 2 N–H and O–H groups in total. The SMILES string of the molecule is CC(=O)N1CCCC(CS(=O)(=O)C(C)(C)C(=O)Nc2cc(C(C)(C)C)on2)C1.CC(C)(C)c1cc(NC(=O)C(C)(C)S(=O)(=O)CC2CCOCC2)no1. The Labute approximate surface area is 314 Å². The van der Waals surface area contributed by atoms with Crippen LogP contribution in [0.15, 0.2) is 21.2 Å². The van der Waals surface area contributed by atoms with Crippen molar-refractivity contribution < 1.29 is 45.0 Å². The lowest BCUT2D eigenvalue weighted by atomic mass is 9.93. The van der Waals surface area contributed by atoms with Gasteiger partial charge in [-0.3, -0.25) is 14.4 Å². The lowest BCUT2D eigenvalue weighted by molar-refractivity contribution is -0.130. The number of aromatic nitrogens is 2. The van der Waals surface area contributed by atoms with Gasteiger partial charge in [-0.25, -0.2) is 16.8 Å². The molecule has 2 aromatic heterocycles. The van der Waals surface area contributed by atoms with Gasteiger partial charge in [0.05, 0.1) is 11.5 Å². The maximum Gasteiger partial charge on any atom is 0.246 e. The van der Waals surface area contributed by atoms with E-state index >= 15 is 0 Å². The molecule has 3 amide bonds. The summed E-state index contributed by atoms with van der Waals surface area (Å²) in [6.45, 7) is 21.1. The molecule has 0 aromatic carbocycles. The van der Waals surface area contributed by atoms with Crippen molar-refractivity contribution in [3.8, 4) is 0 Å². The third-order valence-electron chi connectivity index (χ3n) is 9.85. The highest BCUT2D eigenvalue weighted by molar-refractivity contribution is 7.93. The molecule has 2 aliphatic heterocycles. The molecule has 1 unspecified atom stereocenters. The van der Waals surface area contributed by atoms with Crippen LogP contribution in [0, 0.1) is 11.8 Å². The quantitative estimate of drug-likeness (QED) is 0.330. The summed E-state index contributed by atoms with van der Waals surface area (Å²) in [5.74, 6) is 0.0308. The van der Waals surface area contributed by atoms with Crippen LogP contribution in [0.5, 0.6) is 0 Å². The molecule has 2 saturated heterocycles.